The van der Waals surface area contributed by atoms with Crippen molar-refractivity contribution < 1.29 is 33.8 Å². The summed E-state index contributed by atoms with van der Waals surface area (Å²) in [6.07, 6.45) is 6.10. The van der Waals surface area contributed by atoms with E-state index in [-0.39, 0.29) is 44.0 Å². The number of carbonyl (C=O) groups is 4. The average molecular weight is 538 g/mol. The highest BCUT2D eigenvalue weighted by atomic mass is 16.6. The Morgan fingerprint density at radius 1 is 1.10 bits per heavy atom. The minimum absolute atomic E-state index is 0.0580. The minimum atomic E-state index is -1.40. The van der Waals surface area contributed by atoms with Crippen molar-refractivity contribution in [3.05, 3.63) is 60.2 Å². The molecule has 0 aliphatic carbocycles. The van der Waals surface area contributed by atoms with E-state index in [9.17, 15) is 24.3 Å². The van der Waals surface area contributed by atoms with Crippen molar-refractivity contribution in [1.82, 2.24) is 15.1 Å². The van der Waals surface area contributed by atoms with Gasteiger partial charge in [-0.15, -0.1) is 0 Å². The van der Waals surface area contributed by atoms with Gasteiger partial charge in [0, 0.05) is 25.6 Å². The molecule has 0 aromatic heterocycles. The number of rotatable bonds is 4. The SMILES string of the molecule is CC(C)N1CC=C[C@@]23O[C@H]4/C=C\CCC(=O)NC[C@H](c5ccccc5)OC(=O)[C@H]4[C@@H]2C(=O)N(CCO)[C@H]3C1=O. The Balaban J connectivity index is 1.58. The summed E-state index contributed by atoms with van der Waals surface area (Å²) >= 11 is 0. The quantitative estimate of drug-likeness (QED) is 0.436. The van der Waals surface area contributed by atoms with Crippen LogP contribution in [0.3, 0.4) is 0 Å². The molecule has 10 heteroatoms. The van der Waals surface area contributed by atoms with Crippen LogP contribution < -0.4 is 5.32 Å². The van der Waals surface area contributed by atoms with Crippen LogP contribution in [-0.4, -0.2) is 88.6 Å². The van der Waals surface area contributed by atoms with Gasteiger partial charge in [-0.25, -0.2) is 0 Å². The smallest absolute Gasteiger partial charge is 0.313 e. The molecule has 0 saturated carbocycles. The molecule has 0 bridgehead atoms. The predicted molar refractivity (Wildman–Crippen MR) is 140 cm³/mol. The molecular formula is C29H35N3O7. The standard InChI is InChI=1S/C29H35N3O7/c1-18(2)31-14-8-13-29-24(26(35)32(15-16-33)25(29)27(31)36)23-20(39-29)11-6-7-12-22(34)30-17-21(38-28(23)37)19-9-4-3-5-10-19/h3-6,8-11,13,18,20-21,23-25,33H,7,12,14-17H2,1-2H3,(H,30,34)/b11-6-/t20-,21+,23+,24+,25-,29+/m0/s1. The highest BCUT2D eigenvalue weighted by Crippen LogP contribution is 2.53. The number of amides is 3. The molecule has 208 valence electrons. The highest BCUT2D eigenvalue weighted by Gasteiger charge is 2.71. The molecule has 2 N–H and O–H groups in total. The molecule has 4 heterocycles. The highest BCUT2D eigenvalue weighted by molar-refractivity contribution is 5.99. The van der Waals surface area contributed by atoms with E-state index in [0.29, 0.717) is 18.5 Å². The van der Waals surface area contributed by atoms with Crippen LogP contribution in [0.4, 0.5) is 0 Å². The summed E-state index contributed by atoms with van der Waals surface area (Å²) in [6.45, 7) is 3.83. The number of nitrogens with zero attached hydrogens (tertiary/aromatic N) is 2. The Kier molecular flexibility index (Phi) is 7.59. The first-order valence-corrected chi connectivity index (χ1v) is 13.5. The molecule has 3 amide bonds. The molecule has 4 aliphatic heterocycles. The maximum Gasteiger partial charge on any atom is 0.313 e. The molecule has 2 fully saturated rings. The van der Waals surface area contributed by atoms with Gasteiger partial charge in [0.1, 0.15) is 23.7 Å². The fourth-order valence-corrected chi connectivity index (χ4v) is 6.24. The van der Waals surface area contributed by atoms with E-state index in [0.717, 1.165) is 0 Å². The zero-order valence-electron chi connectivity index (χ0n) is 22.2. The largest absolute Gasteiger partial charge is 0.455 e. The first-order valence-electron chi connectivity index (χ1n) is 13.5. The van der Waals surface area contributed by atoms with E-state index in [1.807, 2.05) is 50.3 Å². The Hall–Kier alpha value is -3.50. The van der Waals surface area contributed by atoms with E-state index in [2.05, 4.69) is 5.32 Å². The molecule has 0 radical (unpaired) electrons. The third kappa shape index (κ3) is 4.76. The lowest BCUT2D eigenvalue weighted by molar-refractivity contribution is -0.160. The predicted octanol–water partition coefficient (Wildman–Crippen LogP) is 1.12. The molecule has 4 aliphatic rings. The van der Waals surface area contributed by atoms with Gasteiger partial charge < -0.3 is 29.7 Å². The Morgan fingerprint density at radius 2 is 1.87 bits per heavy atom. The summed E-state index contributed by atoms with van der Waals surface area (Å²) in [4.78, 5) is 57.2. The van der Waals surface area contributed by atoms with Crippen LogP contribution in [0, 0.1) is 11.8 Å². The van der Waals surface area contributed by atoms with Gasteiger partial charge in [-0.2, -0.15) is 0 Å². The molecule has 6 atom stereocenters. The molecule has 5 rings (SSSR count). The van der Waals surface area contributed by atoms with Gasteiger partial charge in [0.15, 0.2) is 0 Å². The van der Waals surface area contributed by atoms with Crippen LogP contribution in [-0.2, 0) is 28.7 Å². The van der Waals surface area contributed by atoms with Gasteiger partial charge in [0.2, 0.25) is 17.7 Å². The molecule has 10 nitrogen and oxygen atoms in total. The van der Waals surface area contributed by atoms with Crippen LogP contribution in [0.2, 0.25) is 0 Å². The van der Waals surface area contributed by atoms with E-state index < -0.39 is 47.6 Å². The fraction of sp³-hybridized carbons (Fsp3) is 0.517. The van der Waals surface area contributed by atoms with Crippen LogP contribution in [0.15, 0.2) is 54.6 Å². The number of nitrogens with one attached hydrogen (secondary N) is 1. The van der Waals surface area contributed by atoms with Crippen molar-refractivity contribution in [2.45, 2.75) is 56.6 Å². The van der Waals surface area contributed by atoms with Gasteiger partial charge >= 0.3 is 5.97 Å². The summed E-state index contributed by atoms with van der Waals surface area (Å²) in [5.41, 5.74) is -0.694. The topological polar surface area (TPSA) is 125 Å². The van der Waals surface area contributed by atoms with Crippen LogP contribution in [0.5, 0.6) is 0 Å². The maximum absolute atomic E-state index is 14.0. The van der Waals surface area contributed by atoms with Gasteiger partial charge in [-0.1, -0.05) is 54.6 Å². The number of ether oxygens (including phenoxy) is 2. The number of benzene rings is 1. The molecule has 39 heavy (non-hydrogen) atoms. The molecular weight excluding hydrogens is 502 g/mol. The van der Waals surface area contributed by atoms with Crippen LogP contribution in [0.25, 0.3) is 0 Å². The Bertz CT molecular complexity index is 1180. The number of hydrogen-bond acceptors (Lipinski definition) is 7. The monoisotopic (exact) mass is 537 g/mol. The normalized spacial score (nSPS) is 33.9. The van der Waals surface area contributed by atoms with E-state index >= 15 is 0 Å². The van der Waals surface area contributed by atoms with Crippen molar-refractivity contribution in [1.29, 1.82) is 0 Å². The summed E-state index contributed by atoms with van der Waals surface area (Å²) in [5, 5.41) is 12.6. The van der Waals surface area contributed by atoms with Crippen molar-refractivity contribution in [2.24, 2.45) is 11.8 Å². The lowest BCUT2D eigenvalue weighted by atomic mass is 9.77. The lowest BCUT2D eigenvalue weighted by Crippen LogP contribution is -2.56. The Morgan fingerprint density at radius 3 is 2.59 bits per heavy atom. The van der Waals surface area contributed by atoms with Gasteiger partial charge in [-0.3, -0.25) is 19.2 Å². The lowest BCUT2D eigenvalue weighted by Gasteiger charge is -2.36. The second kappa shape index (κ2) is 10.9. The summed E-state index contributed by atoms with van der Waals surface area (Å²) < 4.78 is 12.6. The fourth-order valence-electron chi connectivity index (χ4n) is 6.24. The average Bonchev–Trinajstić information content (AvgIpc) is 3.29. The Labute approximate surface area is 227 Å². The third-order valence-corrected chi connectivity index (χ3v) is 8.04. The van der Waals surface area contributed by atoms with Crippen molar-refractivity contribution in [2.75, 3.05) is 26.2 Å². The molecule has 1 aromatic carbocycles. The number of cyclic esters (lactones) is 1. The summed E-state index contributed by atoms with van der Waals surface area (Å²) in [7, 11) is 0. The second-order valence-corrected chi connectivity index (χ2v) is 10.7. The number of fused-ring (bicyclic) bond motifs is 2. The second-order valence-electron chi connectivity index (χ2n) is 10.7. The number of aliphatic hydroxyl groups excluding tert-OH is 1. The van der Waals surface area contributed by atoms with Crippen LogP contribution >= 0.6 is 0 Å². The number of aliphatic hydroxyl groups is 1. The van der Waals surface area contributed by atoms with E-state index in [1.54, 1.807) is 23.1 Å². The molecule has 1 aromatic rings. The number of allylic oxidation sites excluding steroid dienone is 1. The van der Waals surface area contributed by atoms with E-state index in [1.165, 1.54) is 4.90 Å². The molecule has 1 spiro atoms. The van der Waals surface area contributed by atoms with Crippen molar-refractivity contribution >= 4 is 23.7 Å². The van der Waals surface area contributed by atoms with Gasteiger partial charge in [0.25, 0.3) is 0 Å². The number of esters is 1. The molecule has 0 unspecified atom stereocenters. The zero-order chi connectivity index (χ0) is 27.7. The number of carbonyl (C=O) groups excluding carboxylic acids is 4. The van der Waals surface area contributed by atoms with Crippen molar-refractivity contribution in [3.63, 3.8) is 0 Å². The first-order chi connectivity index (χ1) is 18.8. The number of likely N-dealkylation sites (tertiary alicyclic amines) is 1. The number of β-amino-alcohol motifs (C(OH)–C–C–N with tert-alkyl or cyclic N) is 1. The minimum Gasteiger partial charge on any atom is -0.455 e. The number of hydrogen-bond donors (Lipinski definition) is 2. The van der Waals surface area contributed by atoms with Crippen molar-refractivity contribution in [3.8, 4) is 0 Å². The van der Waals surface area contributed by atoms with Gasteiger partial charge in [-0.05, 0) is 25.8 Å². The summed E-state index contributed by atoms with van der Waals surface area (Å²) in [5.74, 6) is -3.56. The molecule has 2 saturated heterocycles. The zero-order valence-corrected chi connectivity index (χ0v) is 22.2. The summed E-state index contributed by atoms with van der Waals surface area (Å²) in [6, 6.07) is 7.96. The maximum atomic E-state index is 14.0. The van der Waals surface area contributed by atoms with Crippen LogP contribution in [0.1, 0.15) is 38.4 Å². The van der Waals surface area contributed by atoms with Gasteiger partial charge in [0.05, 0.1) is 25.2 Å². The van der Waals surface area contributed by atoms with E-state index in [4.69, 9.17) is 9.47 Å². The first kappa shape index (κ1) is 27.1. The third-order valence-electron chi connectivity index (χ3n) is 8.04.